The number of benzene rings is 2. The molecule has 21 heavy (non-hydrogen) atoms. The highest BCUT2D eigenvalue weighted by molar-refractivity contribution is 6.31. The van der Waals surface area contributed by atoms with Crippen LogP contribution in [0.2, 0.25) is 5.02 Å². The van der Waals surface area contributed by atoms with Gasteiger partial charge in [0.05, 0.1) is 5.71 Å². The molecule has 0 heterocycles. The van der Waals surface area contributed by atoms with Crippen LogP contribution in [-0.2, 0) is 0 Å². The van der Waals surface area contributed by atoms with Crippen LogP contribution in [0.1, 0.15) is 29.3 Å². The van der Waals surface area contributed by atoms with Crippen LogP contribution in [0.4, 0.5) is 5.69 Å². The van der Waals surface area contributed by atoms with E-state index in [0.717, 1.165) is 11.3 Å². The van der Waals surface area contributed by atoms with Crippen molar-refractivity contribution >= 4 is 28.9 Å². The Balaban J connectivity index is 2.14. The first kappa shape index (κ1) is 15.1. The molecule has 0 aromatic heterocycles. The first-order chi connectivity index (χ1) is 10.1. The molecule has 1 amide bonds. The smallest absolute Gasteiger partial charge is 0.271 e. The van der Waals surface area contributed by atoms with E-state index in [0.29, 0.717) is 22.7 Å². The Morgan fingerprint density at radius 3 is 2.52 bits per heavy atom. The molecule has 0 spiro atoms. The van der Waals surface area contributed by atoms with Gasteiger partial charge in [-0.15, -0.1) is 0 Å². The van der Waals surface area contributed by atoms with Gasteiger partial charge in [0.1, 0.15) is 0 Å². The van der Waals surface area contributed by atoms with Crippen molar-refractivity contribution in [3.8, 4) is 0 Å². The SMILES string of the molecule is CC/C(=N/NC(=O)c1ccc(N)cc1)c1cccc(Cl)c1. The quantitative estimate of drug-likeness (QED) is 0.516. The molecule has 0 aliphatic heterocycles. The zero-order chi connectivity index (χ0) is 15.2. The molecular formula is C16H16ClN3O. The number of nitrogens with zero attached hydrogens (tertiary/aromatic N) is 1. The standard InChI is InChI=1S/C16H16ClN3O/c1-2-15(12-4-3-5-13(17)10-12)19-20-16(21)11-6-8-14(18)9-7-11/h3-10H,2,18H2,1H3,(H,20,21)/b19-15-. The molecule has 2 aromatic rings. The first-order valence-corrected chi connectivity index (χ1v) is 6.96. The summed E-state index contributed by atoms with van der Waals surface area (Å²) in [5.74, 6) is -0.275. The number of hydrogen-bond acceptors (Lipinski definition) is 3. The molecule has 0 fully saturated rings. The van der Waals surface area contributed by atoms with Gasteiger partial charge in [-0.05, 0) is 48.4 Å². The molecule has 0 radical (unpaired) electrons. The lowest BCUT2D eigenvalue weighted by molar-refractivity contribution is 0.0955. The van der Waals surface area contributed by atoms with Crippen molar-refractivity contribution in [2.45, 2.75) is 13.3 Å². The molecule has 2 aromatic carbocycles. The lowest BCUT2D eigenvalue weighted by Crippen LogP contribution is -2.20. The van der Waals surface area contributed by atoms with Crippen LogP contribution in [0.3, 0.4) is 0 Å². The maximum atomic E-state index is 12.0. The van der Waals surface area contributed by atoms with Crippen molar-refractivity contribution in [2.75, 3.05) is 5.73 Å². The molecule has 0 unspecified atom stereocenters. The molecule has 0 bridgehead atoms. The van der Waals surface area contributed by atoms with E-state index in [1.807, 2.05) is 25.1 Å². The minimum absolute atomic E-state index is 0.275. The number of carbonyl (C=O) groups excluding carboxylic acids is 1. The zero-order valence-electron chi connectivity index (χ0n) is 11.6. The van der Waals surface area contributed by atoms with Crippen molar-refractivity contribution in [1.82, 2.24) is 5.43 Å². The molecule has 108 valence electrons. The predicted molar refractivity (Wildman–Crippen MR) is 86.6 cm³/mol. The van der Waals surface area contributed by atoms with E-state index >= 15 is 0 Å². The van der Waals surface area contributed by atoms with Crippen molar-refractivity contribution < 1.29 is 4.79 Å². The molecular weight excluding hydrogens is 286 g/mol. The van der Waals surface area contributed by atoms with Crippen molar-refractivity contribution in [2.24, 2.45) is 5.10 Å². The van der Waals surface area contributed by atoms with Crippen LogP contribution in [-0.4, -0.2) is 11.6 Å². The van der Waals surface area contributed by atoms with Gasteiger partial charge >= 0.3 is 0 Å². The second-order valence-corrected chi connectivity index (χ2v) is 4.92. The Kier molecular flexibility index (Phi) is 4.95. The number of anilines is 1. The molecule has 2 rings (SSSR count). The van der Waals surface area contributed by atoms with Gasteiger partial charge in [-0.3, -0.25) is 4.79 Å². The van der Waals surface area contributed by atoms with Gasteiger partial charge in [0.25, 0.3) is 5.91 Å². The number of rotatable bonds is 4. The summed E-state index contributed by atoms with van der Waals surface area (Å²) in [5.41, 5.74) is 10.9. The normalized spacial score (nSPS) is 11.2. The van der Waals surface area contributed by atoms with Crippen LogP contribution in [0.5, 0.6) is 0 Å². The van der Waals surface area contributed by atoms with Gasteiger partial charge in [-0.2, -0.15) is 5.10 Å². The van der Waals surface area contributed by atoms with E-state index in [9.17, 15) is 4.79 Å². The van der Waals surface area contributed by atoms with Crippen LogP contribution in [0, 0.1) is 0 Å². The fraction of sp³-hybridized carbons (Fsp3) is 0.125. The zero-order valence-corrected chi connectivity index (χ0v) is 12.4. The molecule has 5 heteroatoms. The number of hydrogen-bond donors (Lipinski definition) is 2. The average molecular weight is 302 g/mol. The maximum absolute atomic E-state index is 12.0. The number of nitrogens with two attached hydrogens (primary N) is 1. The highest BCUT2D eigenvalue weighted by Crippen LogP contribution is 2.13. The van der Waals surface area contributed by atoms with Gasteiger partial charge in [0.15, 0.2) is 0 Å². The number of halogens is 1. The van der Waals surface area contributed by atoms with Crippen molar-refractivity contribution in [1.29, 1.82) is 0 Å². The highest BCUT2D eigenvalue weighted by Gasteiger charge is 2.06. The fourth-order valence-electron chi connectivity index (χ4n) is 1.83. The summed E-state index contributed by atoms with van der Waals surface area (Å²) in [6.07, 6.45) is 0.683. The Hall–Kier alpha value is -2.33. The van der Waals surface area contributed by atoms with Gasteiger partial charge in [0.2, 0.25) is 0 Å². The third kappa shape index (κ3) is 4.07. The van der Waals surface area contributed by atoms with E-state index in [1.165, 1.54) is 0 Å². The van der Waals surface area contributed by atoms with Crippen LogP contribution >= 0.6 is 11.6 Å². The Bertz CT molecular complexity index is 665. The summed E-state index contributed by atoms with van der Waals surface area (Å²) in [4.78, 5) is 12.0. The molecule has 0 aliphatic rings. The third-order valence-corrected chi connectivity index (χ3v) is 3.19. The van der Waals surface area contributed by atoms with E-state index in [4.69, 9.17) is 17.3 Å². The molecule has 0 saturated heterocycles. The largest absolute Gasteiger partial charge is 0.399 e. The molecule has 0 aliphatic carbocycles. The van der Waals surface area contributed by atoms with Crippen molar-refractivity contribution in [3.05, 3.63) is 64.7 Å². The number of nitrogen functional groups attached to an aromatic ring is 1. The summed E-state index contributed by atoms with van der Waals surface area (Å²) < 4.78 is 0. The summed E-state index contributed by atoms with van der Waals surface area (Å²) in [6.45, 7) is 1.97. The van der Waals surface area contributed by atoms with Crippen LogP contribution in [0.15, 0.2) is 53.6 Å². The number of hydrazone groups is 1. The van der Waals surface area contributed by atoms with Crippen molar-refractivity contribution in [3.63, 3.8) is 0 Å². The lowest BCUT2D eigenvalue weighted by atomic mass is 10.1. The van der Waals surface area contributed by atoms with Gasteiger partial charge in [-0.25, -0.2) is 5.43 Å². The number of nitrogens with one attached hydrogen (secondary N) is 1. The highest BCUT2D eigenvalue weighted by atomic mass is 35.5. The molecule has 4 nitrogen and oxygen atoms in total. The second-order valence-electron chi connectivity index (χ2n) is 4.49. The first-order valence-electron chi connectivity index (χ1n) is 6.58. The maximum Gasteiger partial charge on any atom is 0.271 e. The third-order valence-electron chi connectivity index (χ3n) is 2.96. The van der Waals surface area contributed by atoms with Gasteiger partial charge in [0, 0.05) is 16.3 Å². The monoisotopic (exact) mass is 301 g/mol. The fourth-order valence-corrected chi connectivity index (χ4v) is 2.02. The minimum atomic E-state index is -0.275. The van der Waals surface area contributed by atoms with Crippen LogP contribution in [0.25, 0.3) is 0 Å². The van der Waals surface area contributed by atoms with E-state index in [-0.39, 0.29) is 5.91 Å². The topological polar surface area (TPSA) is 67.5 Å². The van der Waals surface area contributed by atoms with Crippen LogP contribution < -0.4 is 11.2 Å². The summed E-state index contributed by atoms with van der Waals surface area (Å²) >= 11 is 5.97. The molecule has 3 N–H and O–H groups in total. The van der Waals surface area contributed by atoms with Gasteiger partial charge in [-0.1, -0.05) is 30.7 Å². The summed E-state index contributed by atoms with van der Waals surface area (Å²) in [6, 6.07) is 14.0. The van der Waals surface area contributed by atoms with E-state index in [2.05, 4.69) is 10.5 Å². The minimum Gasteiger partial charge on any atom is -0.399 e. The summed E-state index contributed by atoms with van der Waals surface area (Å²) in [5, 5.41) is 4.82. The second kappa shape index (κ2) is 6.90. The molecule has 0 saturated carbocycles. The molecule has 0 atom stereocenters. The average Bonchev–Trinajstić information content (AvgIpc) is 2.48. The Morgan fingerprint density at radius 1 is 1.19 bits per heavy atom. The lowest BCUT2D eigenvalue weighted by Gasteiger charge is -2.06. The predicted octanol–water partition coefficient (Wildman–Crippen LogP) is 3.47. The summed E-state index contributed by atoms with van der Waals surface area (Å²) in [7, 11) is 0. The van der Waals surface area contributed by atoms with E-state index in [1.54, 1.807) is 30.3 Å². The Labute approximate surface area is 128 Å². The Morgan fingerprint density at radius 2 is 1.90 bits per heavy atom. The number of amides is 1. The number of carbonyl (C=O) groups is 1. The van der Waals surface area contributed by atoms with Gasteiger partial charge < -0.3 is 5.73 Å². The van der Waals surface area contributed by atoms with E-state index < -0.39 is 0 Å².